The summed E-state index contributed by atoms with van der Waals surface area (Å²) >= 11 is 6.10. The Bertz CT molecular complexity index is 686. The molecule has 0 spiro atoms. The summed E-state index contributed by atoms with van der Waals surface area (Å²) < 4.78 is 15.5. The summed E-state index contributed by atoms with van der Waals surface area (Å²) in [4.78, 5) is 24.4. The number of carbonyl (C=O) groups excluding carboxylic acids is 2. The molecule has 0 amide bonds. The van der Waals surface area contributed by atoms with Gasteiger partial charge in [-0.25, -0.2) is 0 Å². The molecule has 1 heterocycles. The average molecular weight is 325 g/mol. The zero-order valence-electron chi connectivity index (χ0n) is 12.6. The molecule has 0 fully saturated rings. The topological polar surface area (TPSA) is 65.7 Å². The Kier molecular flexibility index (Phi) is 5.08. The van der Waals surface area contributed by atoms with Gasteiger partial charge in [0.15, 0.2) is 11.5 Å². The molecule has 0 aliphatic heterocycles. The SMILES string of the molecule is CCOC(=O)C(C(=O)OCC)c1coc2c(Cl)ccc(C)c12. The third-order valence-corrected chi connectivity index (χ3v) is 3.56. The summed E-state index contributed by atoms with van der Waals surface area (Å²) in [6.45, 7) is 5.55. The van der Waals surface area contributed by atoms with Gasteiger partial charge in [0, 0.05) is 10.9 Å². The number of aryl methyl sites for hydroxylation is 1. The Hall–Kier alpha value is -2.01. The molecular weight excluding hydrogens is 308 g/mol. The van der Waals surface area contributed by atoms with Crippen LogP contribution in [0, 0.1) is 6.92 Å². The molecule has 2 rings (SSSR count). The van der Waals surface area contributed by atoms with Crippen LogP contribution < -0.4 is 0 Å². The second kappa shape index (κ2) is 6.83. The van der Waals surface area contributed by atoms with Gasteiger partial charge in [-0.15, -0.1) is 0 Å². The van der Waals surface area contributed by atoms with E-state index in [2.05, 4.69) is 0 Å². The normalized spacial score (nSPS) is 11.0. The quantitative estimate of drug-likeness (QED) is 0.621. The number of esters is 2. The summed E-state index contributed by atoms with van der Waals surface area (Å²) in [5.74, 6) is -2.51. The van der Waals surface area contributed by atoms with E-state index in [9.17, 15) is 9.59 Å². The lowest BCUT2D eigenvalue weighted by molar-refractivity contribution is -0.156. The molecule has 0 N–H and O–H groups in total. The number of halogens is 1. The fourth-order valence-electron chi connectivity index (χ4n) is 2.32. The van der Waals surface area contributed by atoms with Gasteiger partial charge in [-0.05, 0) is 32.4 Å². The molecule has 0 radical (unpaired) electrons. The highest BCUT2D eigenvalue weighted by molar-refractivity contribution is 6.35. The van der Waals surface area contributed by atoms with Crippen LogP contribution in [0.25, 0.3) is 11.0 Å². The van der Waals surface area contributed by atoms with Crippen molar-refractivity contribution in [2.75, 3.05) is 13.2 Å². The van der Waals surface area contributed by atoms with Crippen LogP contribution >= 0.6 is 11.6 Å². The van der Waals surface area contributed by atoms with E-state index >= 15 is 0 Å². The van der Waals surface area contributed by atoms with Crippen LogP contribution in [0.1, 0.15) is 30.9 Å². The number of furan rings is 1. The first-order valence-electron chi connectivity index (χ1n) is 7.00. The predicted molar refractivity (Wildman–Crippen MR) is 82.0 cm³/mol. The van der Waals surface area contributed by atoms with Gasteiger partial charge in [0.1, 0.15) is 0 Å². The fraction of sp³-hybridized carbons (Fsp3) is 0.375. The number of hydrogen-bond acceptors (Lipinski definition) is 5. The number of carbonyl (C=O) groups is 2. The summed E-state index contributed by atoms with van der Waals surface area (Å²) in [7, 11) is 0. The molecule has 0 aliphatic rings. The maximum atomic E-state index is 12.2. The van der Waals surface area contributed by atoms with E-state index in [4.69, 9.17) is 25.5 Å². The maximum Gasteiger partial charge on any atom is 0.325 e. The highest BCUT2D eigenvalue weighted by Gasteiger charge is 2.35. The average Bonchev–Trinajstić information content (AvgIpc) is 2.90. The van der Waals surface area contributed by atoms with E-state index in [1.807, 2.05) is 6.92 Å². The van der Waals surface area contributed by atoms with Crippen molar-refractivity contribution in [2.45, 2.75) is 26.7 Å². The smallest absolute Gasteiger partial charge is 0.325 e. The standard InChI is InChI=1S/C16H17ClO5/c1-4-20-15(18)13(16(19)21-5-2)10-8-22-14-11(17)7-6-9(3)12(10)14/h6-8,13H,4-5H2,1-3H3. The molecule has 2 aromatic rings. The third kappa shape index (κ3) is 2.95. The Morgan fingerprint density at radius 1 is 1.18 bits per heavy atom. The number of hydrogen-bond donors (Lipinski definition) is 0. The summed E-state index contributed by atoms with van der Waals surface area (Å²) in [5.41, 5.74) is 1.70. The molecule has 118 valence electrons. The molecule has 0 aliphatic carbocycles. The van der Waals surface area contributed by atoms with Gasteiger partial charge in [0.2, 0.25) is 0 Å². The second-order valence-corrected chi connectivity index (χ2v) is 5.10. The maximum absolute atomic E-state index is 12.2. The molecular formula is C16H17ClO5. The van der Waals surface area contributed by atoms with Crippen molar-refractivity contribution >= 4 is 34.5 Å². The lowest BCUT2D eigenvalue weighted by Crippen LogP contribution is -2.26. The van der Waals surface area contributed by atoms with Crippen LogP contribution in [0.5, 0.6) is 0 Å². The zero-order chi connectivity index (χ0) is 16.3. The van der Waals surface area contributed by atoms with Crippen molar-refractivity contribution in [2.24, 2.45) is 0 Å². The highest BCUT2D eigenvalue weighted by atomic mass is 35.5. The monoisotopic (exact) mass is 324 g/mol. The van der Waals surface area contributed by atoms with E-state index < -0.39 is 17.9 Å². The first-order valence-corrected chi connectivity index (χ1v) is 7.38. The van der Waals surface area contributed by atoms with Gasteiger partial charge in [0.25, 0.3) is 0 Å². The van der Waals surface area contributed by atoms with Gasteiger partial charge >= 0.3 is 11.9 Å². The largest absolute Gasteiger partial charge is 0.465 e. The van der Waals surface area contributed by atoms with Crippen molar-refractivity contribution in [3.8, 4) is 0 Å². The molecule has 0 unspecified atom stereocenters. The third-order valence-electron chi connectivity index (χ3n) is 3.27. The lowest BCUT2D eigenvalue weighted by atomic mass is 9.96. The first kappa shape index (κ1) is 16.4. The van der Waals surface area contributed by atoms with Gasteiger partial charge in [-0.2, -0.15) is 0 Å². The molecule has 22 heavy (non-hydrogen) atoms. The van der Waals surface area contributed by atoms with E-state index in [-0.39, 0.29) is 13.2 Å². The van der Waals surface area contributed by atoms with E-state index in [1.165, 1.54) is 6.26 Å². The van der Waals surface area contributed by atoms with Crippen molar-refractivity contribution in [3.63, 3.8) is 0 Å². The molecule has 1 aromatic heterocycles. The molecule has 1 aromatic carbocycles. The molecule has 5 nitrogen and oxygen atoms in total. The van der Waals surface area contributed by atoms with E-state index in [0.29, 0.717) is 21.6 Å². The van der Waals surface area contributed by atoms with Gasteiger partial charge in [-0.3, -0.25) is 9.59 Å². The Balaban J connectivity index is 2.59. The second-order valence-electron chi connectivity index (χ2n) is 4.70. The highest BCUT2D eigenvalue weighted by Crippen LogP contribution is 2.35. The minimum atomic E-state index is -1.18. The van der Waals surface area contributed by atoms with Crippen LogP contribution in [0.4, 0.5) is 0 Å². The number of ether oxygens (including phenoxy) is 2. The Morgan fingerprint density at radius 2 is 1.77 bits per heavy atom. The number of fused-ring (bicyclic) bond motifs is 1. The molecule has 6 heteroatoms. The number of benzene rings is 1. The van der Waals surface area contributed by atoms with Gasteiger partial charge in [0.05, 0.1) is 24.5 Å². The van der Waals surface area contributed by atoms with Crippen LogP contribution in [-0.2, 0) is 19.1 Å². The summed E-state index contributed by atoms with van der Waals surface area (Å²) in [6, 6.07) is 3.51. The van der Waals surface area contributed by atoms with Crippen molar-refractivity contribution in [3.05, 3.63) is 34.5 Å². The minimum Gasteiger partial charge on any atom is -0.465 e. The molecule has 0 atom stereocenters. The first-order chi connectivity index (χ1) is 10.5. The van der Waals surface area contributed by atoms with Crippen molar-refractivity contribution in [1.29, 1.82) is 0 Å². The van der Waals surface area contributed by atoms with E-state index in [0.717, 1.165) is 5.56 Å². The lowest BCUT2D eigenvalue weighted by Gasteiger charge is -2.14. The Morgan fingerprint density at radius 3 is 2.32 bits per heavy atom. The van der Waals surface area contributed by atoms with Crippen LogP contribution in [0.3, 0.4) is 0 Å². The fourth-order valence-corrected chi connectivity index (χ4v) is 2.53. The predicted octanol–water partition coefficient (Wildman–Crippen LogP) is 3.60. The van der Waals surface area contributed by atoms with Crippen molar-refractivity contribution in [1.82, 2.24) is 0 Å². The zero-order valence-corrected chi connectivity index (χ0v) is 13.4. The Labute approximate surface area is 133 Å². The van der Waals surface area contributed by atoms with Crippen LogP contribution in [0.2, 0.25) is 5.02 Å². The van der Waals surface area contributed by atoms with Crippen molar-refractivity contribution < 1.29 is 23.5 Å². The minimum absolute atomic E-state index is 0.171. The van der Waals surface area contributed by atoms with Gasteiger partial charge in [-0.1, -0.05) is 17.7 Å². The van der Waals surface area contributed by atoms with Crippen LogP contribution in [-0.4, -0.2) is 25.2 Å². The molecule has 0 bridgehead atoms. The van der Waals surface area contributed by atoms with E-state index in [1.54, 1.807) is 26.0 Å². The van der Waals surface area contributed by atoms with Crippen LogP contribution in [0.15, 0.2) is 22.8 Å². The molecule has 0 saturated carbocycles. The summed E-state index contributed by atoms with van der Waals surface area (Å²) in [6.07, 6.45) is 1.36. The number of rotatable bonds is 5. The van der Waals surface area contributed by atoms with Gasteiger partial charge < -0.3 is 13.9 Å². The molecule has 0 saturated heterocycles. The summed E-state index contributed by atoms with van der Waals surface area (Å²) in [5, 5.41) is 1.05.